The molecule has 5 aliphatic rings. The second kappa shape index (κ2) is 6.99. The molecule has 2 aromatic rings. The Bertz CT molecular complexity index is 1150. The lowest BCUT2D eigenvalue weighted by Crippen LogP contribution is -2.40. The molecule has 1 heterocycles. The fourth-order valence-electron chi connectivity index (χ4n) is 5.95. The van der Waals surface area contributed by atoms with Gasteiger partial charge in [0.1, 0.15) is 0 Å². The lowest BCUT2D eigenvalue weighted by atomic mass is 9.63. The summed E-state index contributed by atoms with van der Waals surface area (Å²) < 4.78 is 5.26. The molecule has 0 radical (unpaired) electrons. The Kier molecular flexibility index (Phi) is 4.18. The molecule has 7 rings (SSSR count). The van der Waals surface area contributed by atoms with Crippen molar-refractivity contribution >= 4 is 29.3 Å². The van der Waals surface area contributed by atoms with Crippen LogP contribution in [0.5, 0.6) is 0 Å². The van der Waals surface area contributed by atoms with Crippen LogP contribution >= 0.6 is 0 Å². The number of allylic oxidation sites excluding steroid dienone is 2. The third-order valence-electron chi connectivity index (χ3n) is 7.46. The van der Waals surface area contributed by atoms with E-state index in [1.807, 2.05) is 0 Å². The number of imide groups is 1. The number of amides is 2. The second-order valence-electron chi connectivity index (χ2n) is 9.05. The number of benzene rings is 2. The van der Waals surface area contributed by atoms with Gasteiger partial charge in [0, 0.05) is 5.56 Å². The molecule has 32 heavy (non-hydrogen) atoms. The fraction of sp³-hybridized carbons (Fsp3) is 0.308. The number of rotatable bonds is 5. The number of hydrogen-bond donors (Lipinski definition) is 0. The Labute approximate surface area is 184 Å². The molecule has 2 aromatic carbocycles. The predicted molar refractivity (Wildman–Crippen MR) is 115 cm³/mol. The summed E-state index contributed by atoms with van der Waals surface area (Å²) in [6, 6.07) is 15.0. The molecule has 3 fully saturated rings. The van der Waals surface area contributed by atoms with Crippen LogP contribution in [0.2, 0.25) is 0 Å². The van der Waals surface area contributed by atoms with Gasteiger partial charge in [-0.2, -0.15) is 0 Å². The number of esters is 1. The van der Waals surface area contributed by atoms with E-state index >= 15 is 0 Å². The van der Waals surface area contributed by atoms with E-state index in [0.29, 0.717) is 17.4 Å². The first kappa shape index (κ1) is 19.2. The first-order valence-corrected chi connectivity index (χ1v) is 11.0. The Balaban J connectivity index is 1.25. The summed E-state index contributed by atoms with van der Waals surface area (Å²) in [5.41, 5.74) is 0.797. The van der Waals surface area contributed by atoms with E-state index < -0.39 is 12.6 Å². The summed E-state index contributed by atoms with van der Waals surface area (Å²) in [7, 11) is 0. The van der Waals surface area contributed by atoms with Gasteiger partial charge in [-0.05, 0) is 42.2 Å². The second-order valence-corrected chi connectivity index (χ2v) is 9.05. The Morgan fingerprint density at radius 1 is 0.844 bits per heavy atom. The molecular weight excluding hydrogens is 406 g/mol. The lowest BCUT2D eigenvalue weighted by Gasteiger charge is -2.37. The number of Topliss-reactive ketones (excluding diaryl/α,β-unsaturated/α-hetero) is 1. The van der Waals surface area contributed by atoms with Gasteiger partial charge in [0.25, 0.3) is 0 Å². The van der Waals surface area contributed by atoms with Crippen molar-refractivity contribution in [2.24, 2.45) is 35.5 Å². The molecule has 2 bridgehead atoms. The van der Waals surface area contributed by atoms with E-state index in [1.165, 1.54) is 11.0 Å². The smallest absolute Gasteiger partial charge is 0.340 e. The number of carbonyl (C=O) groups excluding carboxylic acids is 4. The van der Waals surface area contributed by atoms with E-state index in [0.717, 1.165) is 6.42 Å². The number of anilines is 1. The summed E-state index contributed by atoms with van der Waals surface area (Å²) in [6.07, 6.45) is 5.32. The molecule has 1 aliphatic heterocycles. The van der Waals surface area contributed by atoms with Gasteiger partial charge < -0.3 is 4.74 Å². The zero-order valence-electron chi connectivity index (χ0n) is 17.2. The number of hydrogen-bond acceptors (Lipinski definition) is 5. The zero-order valence-corrected chi connectivity index (χ0v) is 17.2. The van der Waals surface area contributed by atoms with Crippen molar-refractivity contribution in [1.82, 2.24) is 0 Å². The number of nitrogens with zero attached hydrogens (tertiary/aromatic N) is 1. The summed E-state index contributed by atoms with van der Waals surface area (Å²) in [6.45, 7) is -0.415. The highest BCUT2D eigenvalue weighted by atomic mass is 16.5. The molecule has 160 valence electrons. The maximum absolute atomic E-state index is 13.4. The first-order chi connectivity index (χ1) is 15.6. The maximum atomic E-state index is 13.4. The quantitative estimate of drug-likeness (QED) is 0.317. The van der Waals surface area contributed by atoms with Gasteiger partial charge in [-0.3, -0.25) is 14.4 Å². The van der Waals surface area contributed by atoms with Crippen molar-refractivity contribution in [2.75, 3.05) is 11.5 Å². The lowest BCUT2D eigenvalue weighted by molar-refractivity contribution is -0.124. The van der Waals surface area contributed by atoms with Crippen molar-refractivity contribution < 1.29 is 23.9 Å². The van der Waals surface area contributed by atoms with Crippen LogP contribution in [0.1, 0.15) is 27.1 Å². The van der Waals surface area contributed by atoms with Gasteiger partial charge in [-0.15, -0.1) is 0 Å². The molecule has 0 N–H and O–H groups in total. The van der Waals surface area contributed by atoms with Gasteiger partial charge in [-0.25, -0.2) is 9.69 Å². The van der Waals surface area contributed by atoms with E-state index in [4.69, 9.17) is 4.74 Å². The third-order valence-corrected chi connectivity index (χ3v) is 7.46. The Morgan fingerprint density at radius 3 is 2.09 bits per heavy atom. The predicted octanol–water partition coefficient (Wildman–Crippen LogP) is 3.28. The van der Waals surface area contributed by atoms with Crippen LogP contribution in [-0.4, -0.2) is 30.2 Å². The molecule has 6 heteroatoms. The molecule has 2 saturated carbocycles. The van der Waals surface area contributed by atoms with E-state index in [1.54, 1.807) is 48.5 Å². The summed E-state index contributed by atoms with van der Waals surface area (Å²) in [4.78, 5) is 53.1. The van der Waals surface area contributed by atoms with Crippen molar-refractivity contribution in [2.45, 2.75) is 6.42 Å². The normalized spacial score (nSPS) is 31.3. The monoisotopic (exact) mass is 427 g/mol. The zero-order chi connectivity index (χ0) is 22.0. The largest absolute Gasteiger partial charge is 0.454 e. The van der Waals surface area contributed by atoms with Crippen LogP contribution in [0.4, 0.5) is 5.69 Å². The highest BCUT2D eigenvalue weighted by Crippen LogP contribution is 2.65. The highest BCUT2D eigenvalue weighted by molar-refractivity contribution is 6.24. The summed E-state index contributed by atoms with van der Waals surface area (Å²) in [5.74, 6) is -0.968. The van der Waals surface area contributed by atoms with Crippen LogP contribution in [0.3, 0.4) is 0 Å². The minimum absolute atomic E-state index is 0.110. The molecule has 0 spiro atoms. The number of carbonyl (C=O) groups is 4. The number of para-hydroxylation sites is 1. The molecule has 6 atom stereocenters. The van der Waals surface area contributed by atoms with Crippen LogP contribution in [0.15, 0.2) is 66.7 Å². The fourth-order valence-corrected chi connectivity index (χ4v) is 5.95. The van der Waals surface area contributed by atoms with Crippen molar-refractivity contribution in [1.29, 1.82) is 0 Å². The molecule has 1 saturated heterocycles. The average molecular weight is 427 g/mol. The van der Waals surface area contributed by atoms with Crippen molar-refractivity contribution in [3.63, 3.8) is 0 Å². The summed E-state index contributed by atoms with van der Waals surface area (Å²) >= 11 is 0. The number of ether oxygens (including phenoxy) is 1. The van der Waals surface area contributed by atoms with Crippen LogP contribution in [0.25, 0.3) is 0 Å². The first-order valence-electron chi connectivity index (χ1n) is 11.0. The SMILES string of the molecule is O=C(COC(=O)c1ccccc1N1C(=O)[C@H]2[C@@H]3C=C[C@@H]([C@H]4C[C@H]34)[C@@H]2C1=O)c1ccccc1. The van der Waals surface area contributed by atoms with Crippen LogP contribution < -0.4 is 4.90 Å². The van der Waals surface area contributed by atoms with Crippen LogP contribution in [-0.2, 0) is 14.3 Å². The van der Waals surface area contributed by atoms with Gasteiger partial charge in [-0.1, -0.05) is 54.6 Å². The molecule has 0 aromatic heterocycles. The topological polar surface area (TPSA) is 80.8 Å². The molecule has 2 amide bonds. The van der Waals surface area contributed by atoms with Gasteiger partial charge >= 0.3 is 5.97 Å². The third kappa shape index (κ3) is 2.72. The molecule has 0 unspecified atom stereocenters. The van der Waals surface area contributed by atoms with Gasteiger partial charge in [0.2, 0.25) is 11.8 Å². The van der Waals surface area contributed by atoms with Gasteiger partial charge in [0.05, 0.1) is 23.1 Å². The maximum Gasteiger partial charge on any atom is 0.340 e. The summed E-state index contributed by atoms with van der Waals surface area (Å²) in [5, 5.41) is 0. The average Bonchev–Trinajstić information content (AvgIpc) is 3.61. The van der Waals surface area contributed by atoms with E-state index in [9.17, 15) is 19.2 Å². The molecule has 6 nitrogen and oxygen atoms in total. The van der Waals surface area contributed by atoms with Gasteiger partial charge in [0.15, 0.2) is 12.4 Å². The van der Waals surface area contributed by atoms with E-state index in [2.05, 4.69) is 12.2 Å². The number of ketones is 1. The standard InChI is InChI=1S/C26H21NO5/c28-21(14-6-2-1-3-7-14)13-32-26(31)17-8-4-5-9-20(17)27-24(29)22-15-10-11-16(19-12-18(15)19)23(22)25(27)30/h1-11,15-16,18-19,22-23H,12-13H2/t15-,16+,18-,19-,22+,23+/m1/s1. The van der Waals surface area contributed by atoms with Crippen molar-refractivity contribution in [3.05, 3.63) is 77.9 Å². The Hall–Kier alpha value is -3.54. The minimum atomic E-state index is -0.732. The highest BCUT2D eigenvalue weighted by Gasteiger charge is 2.67. The molecular formula is C26H21NO5. The molecule has 4 aliphatic carbocycles. The minimum Gasteiger partial charge on any atom is -0.454 e. The van der Waals surface area contributed by atoms with Crippen LogP contribution in [0, 0.1) is 35.5 Å². The van der Waals surface area contributed by atoms with E-state index in [-0.39, 0.29) is 52.5 Å². The Morgan fingerprint density at radius 2 is 1.44 bits per heavy atom. The van der Waals surface area contributed by atoms with Crippen molar-refractivity contribution in [3.8, 4) is 0 Å².